The second kappa shape index (κ2) is 8.48. The lowest BCUT2D eigenvalue weighted by atomic mass is 9.92. The zero-order chi connectivity index (χ0) is 24.0. The van der Waals surface area contributed by atoms with Crippen LogP contribution in [0, 0.1) is 0 Å². The largest absolute Gasteiger partial charge is 0.463 e. The summed E-state index contributed by atoms with van der Waals surface area (Å²) < 4.78 is 34.0. The number of alkyl halides is 1. The molecule has 0 radical (unpaired) electrons. The molecule has 2 aromatic rings. The highest BCUT2D eigenvalue weighted by Crippen LogP contribution is 2.54. The van der Waals surface area contributed by atoms with Crippen LogP contribution in [0.15, 0.2) is 41.9 Å². The van der Waals surface area contributed by atoms with Crippen LogP contribution >= 0.6 is 27.3 Å². The zero-order valence-corrected chi connectivity index (χ0v) is 21.0. The molecule has 2 fully saturated rings. The molecule has 0 N–H and O–H groups in total. The second-order valence-corrected chi connectivity index (χ2v) is 13.3. The molecule has 12 heteroatoms. The number of amides is 1. The molecule has 0 spiro atoms. The van der Waals surface area contributed by atoms with Gasteiger partial charge in [0.05, 0.1) is 6.42 Å². The van der Waals surface area contributed by atoms with Crippen molar-refractivity contribution in [2.45, 2.75) is 47.4 Å². The number of β-lactam (4-membered cyclic amide) rings is 1. The Hall–Kier alpha value is -2.31. The predicted octanol–water partition coefficient (Wildman–Crippen LogP) is 1.85. The monoisotopic (exact) mass is 556 g/mol. The molecule has 2 saturated heterocycles. The number of sulfone groups is 1. The molecule has 1 amide bonds. The molecule has 2 aliphatic rings. The lowest BCUT2D eigenvalue weighted by Crippen LogP contribution is -2.74. The number of rotatable bonds is 7. The Balaban J connectivity index is 1.50. The molecule has 33 heavy (non-hydrogen) atoms. The highest BCUT2D eigenvalue weighted by atomic mass is 79.9. The van der Waals surface area contributed by atoms with E-state index in [0.29, 0.717) is 5.01 Å². The Morgan fingerprint density at radius 3 is 2.55 bits per heavy atom. The molecule has 176 valence electrons. The Morgan fingerprint density at radius 1 is 1.21 bits per heavy atom. The van der Waals surface area contributed by atoms with Crippen LogP contribution in [0.1, 0.15) is 24.4 Å². The number of benzene rings is 1. The van der Waals surface area contributed by atoms with Crippen molar-refractivity contribution < 1.29 is 32.3 Å². The normalized spacial score (nSPS) is 26.9. The maximum atomic E-state index is 13.3. The van der Waals surface area contributed by atoms with Gasteiger partial charge in [0.1, 0.15) is 29.0 Å². The van der Waals surface area contributed by atoms with Crippen molar-refractivity contribution in [2.24, 2.45) is 0 Å². The highest BCUT2D eigenvalue weighted by molar-refractivity contribution is 9.10. The molecule has 0 saturated carbocycles. The van der Waals surface area contributed by atoms with E-state index in [2.05, 4.69) is 20.9 Å². The van der Waals surface area contributed by atoms with Gasteiger partial charge >= 0.3 is 11.9 Å². The molecule has 1 aromatic heterocycles. The number of carbonyl (C=O) groups excluding carboxylic acids is 3. The summed E-state index contributed by atoms with van der Waals surface area (Å²) in [4.78, 5) is 43.2. The maximum Gasteiger partial charge on any atom is 0.330 e. The van der Waals surface area contributed by atoms with Crippen LogP contribution in [0.2, 0.25) is 0 Å². The third-order valence-electron chi connectivity index (χ3n) is 5.87. The number of ether oxygens (including phenoxy) is 2. The fraction of sp³-hybridized carbons (Fsp3) is 0.429. The topological polar surface area (TPSA) is 120 Å². The number of fused-ring (bicyclic) bond motifs is 1. The van der Waals surface area contributed by atoms with Gasteiger partial charge < -0.3 is 14.4 Å². The van der Waals surface area contributed by atoms with Gasteiger partial charge in [0.2, 0.25) is 5.91 Å². The standard InChI is InChI=1S/C21H21BrN2O7S2/c1-20(2)16(17(26)30-11-13-6-4-3-5-7-13)24-18(27)21(22,19(24)33(20,28)29)12-31-15(25)10-14-23-8-9-32-14/h3-9,16,19H,10-12H2,1-2H3/t16-,19+,21?/m0/s1. The Bertz CT molecular complexity index is 1180. The summed E-state index contributed by atoms with van der Waals surface area (Å²) in [5.74, 6) is -2.09. The van der Waals surface area contributed by atoms with Crippen molar-refractivity contribution in [3.63, 3.8) is 0 Å². The van der Waals surface area contributed by atoms with Crippen LogP contribution in [0.25, 0.3) is 0 Å². The van der Waals surface area contributed by atoms with Crippen molar-refractivity contribution in [3.8, 4) is 0 Å². The third-order valence-corrected chi connectivity index (χ3v) is 10.9. The first kappa shape index (κ1) is 23.8. The molecule has 4 rings (SSSR count). The van der Waals surface area contributed by atoms with Crippen molar-refractivity contribution >= 4 is 54.9 Å². The first-order valence-electron chi connectivity index (χ1n) is 10.00. The van der Waals surface area contributed by atoms with E-state index in [-0.39, 0.29) is 13.0 Å². The van der Waals surface area contributed by atoms with E-state index in [0.717, 1.165) is 10.5 Å². The van der Waals surface area contributed by atoms with Gasteiger partial charge in [-0.15, -0.1) is 11.3 Å². The van der Waals surface area contributed by atoms with Gasteiger partial charge in [0.25, 0.3) is 0 Å². The Labute approximate surface area is 203 Å². The van der Waals surface area contributed by atoms with Crippen LogP contribution in [0.4, 0.5) is 0 Å². The molecule has 1 aromatic carbocycles. The Morgan fingerprint density at radius 2 is 1.91 bits per heavy atom. The molecule has 1 unspecified atom stereocenters. The average molecular weight is 557 g/mol. The second-order valence-electron chi connectivity index (χ2n) is 8.33. The van der Waals surface area contributed by atoms with E-state index in [9.17, 15) is 22.8 Å². The molecule has 0 aliphatic carbocycles. The van der Waals surface area contributed by atoms with Crippen LogP contribution in [-0.2, 0) is 46.7 Å². The number of carbonyl (C=O) groups is 3. The minimum absolute atomic E-state index is 0.0488. The molecule has 9 nitrogen and oxygen atoms in total. The third kappa shape index (κ3) is 3.87. The minimum Gasteiger partial charge on any atom is -0.463 e. The van der Waals surface area contributed by atoms with Crippen molar-refractivity contribution in [2.75, 3.05) is 6.61 Å². The summed E-state index contributed by atoms with van der Waals surface area (Å²) in [7, 11) is -4.03. The van der Waals surface area contributed by atoms with Gasteiger partial charge in [-0.25, -0.2) is 18.2 Å². The lowest BCUT2D eigenvalue weighted by molar-refractivity contribution is -0.168. The quantitative estimate of drug-likeness (QED) is 0.288. The minimum atomic E-state index is -4.03. The van der Waals surface area contributed by atoms with E-state index >= 15 is 0 Å². The number of thiazole rings is 1. The molecular weight excluding hydrogens is 536 g/mol. The van der Waals surface area contributed by atoms with Crippen molar-refractivity contribution in [1.82, 2.24) is 9.88 Å². The molecule has 3 heterocycles. The molecular formula is C21H21BrN2O7S2. The number of hydrogen-bond acceptors (Lipinski definition) is 9. The van der Waals surface area contributed by atoms with Gasteiger partial charge in [-0.1, -0.05) is 46.3 Å². The van der Waals surface area contributed by atoms with Gasteiger partial charge in [0.15, 0.2) is 19.5 Å². The van der Waals surface area contributed by atoms with E-state index in [4.69, 9.17) is 9.47 Å². The van der Waals surface area contributed by atoms with Gasteiger partial charge in [0, 0.05) is 11.6 Å². The average Bonchev–Trinajstić information content (AvgIpc) is 3.33. The summed E-state index contributed by atoms with van der Waals surface area (Å²) in [5, 5.41) is 0.891. The summed E-state index contributed by atoms with van der Waals surface area (Å²) in [6, 6.07) is 7.62. The molecule has 3 atom stereocenters. The van der Waals surface area contributed by atoms with Crippen LogP contribution in [-0.4, -0.2) is 63.2 Å². The van der Waals surface area contributed by atoms with Crippen molar-refractivity contribution in [1.29, 1.82) is 0 Å². The summed E-state index contributed by atoms with van der Waals surface area (Å²) >= 11 is 4.49. The first-order chi connectivity index (χ1) is 15.5. The van der Waals surface area contributed by atoms with E-state index in [1.807, 2.05) is 6.07 Å². The lowest BCUT2D eigenvalue weighted by Gasteiger charge is -2.48. The zero-order valence-electron chi connectivity index (χ0n) is 17.8. The predicted molar refractivity (Wildman–Crippen MR) is 122 cm³/mol. The molecule has 2 aliphatic heterocycles. The van der Waals surface area contributed by atoms with Crippen molar-refractivity contribution in [3.05, 3.63) is 52.5 Å². The van der Waals surface area contributed by atoms with Gasteiger partial charge in [-0.2, -0.15) is 0 Å². The Kier molecular flexibility index (Phi) is 6.12. The van der Waals surface area contributed by atoms with Crippen LogP contribution in [0.3, 0.4) is 0 Å². The summed E-state index contributed by atoms with van der Waals surface area (Å²) in [5.41, 5.74) is 0.734. The fourth-order valence-electron chi connectivity index (χ4n) is 4.05. The van der Waals surface area contributed by atoms with Crippen LogP contribution < -0.4 is 0 Å². The number of esters is 2. The van der Waals surface area contributed by atoms with Crippen LogP contribution in [0.5, 0.6) is 0 Å². The van der Waals surface area contributed by atoms with E-state index < -0.39 is 54.8 Å². The van der Waals surface area contributed by atoms with E-state index in [1.165, 1.54) is 25.2 Å². The number of halogens is 1. The first-order valence-corrected chi connectivity index (χ1v) is 13.2. The fourth-order valence-corrected chi connectivity index (χ4v) is 8.20. The number of aromatic nitrogens is 1. The summed E-state index contributed by atoms with van der Waals surface area (Å²) in [6.07, 6.45) is 1.47. The maximum absolute atomic E-state index is 13.3. The number of hydrogen-bond donors (Lipinski definition) is 0. The molecule has 0 bridgehead atoms. The number of nitrogens with zero attached hydrogens (tertiary/aromatic N) is 2. The smallest absolute Gasteiger partial charge is 0.330 e. The SMILES string of the molecule is CC1(C)[C@H](C(=O)OCc2ccccc2)N2C(=O)C(Br)(COC(=O)Cc3nccs3)[C@H]2S1(=O)=O. The highest BCUT2D eigenvalue weighted by Gasteiger charge is 2.78. The van der Waals surface area contributed by atoms with E-state index in [1.54, 1.807) is 35.8 Å². The van der Waals surface area contributed by atoms with Gasteiger partial charge in [-0.05, 0) is 19.4 Å². The summed E-state index contributed by atoms with van der Waals surface area (Å²) in [6.45, 7) is 2.25. The van der Waals surface area contributed by atoms with Gasteiger partial charge in [-0.3, -0.25) is 9.59 Å².